The van der Waals surface area contributed by atoms with Crippen LogP contribution in [0.2, 0.25) is 0 Å². The van der Waals surface area contributed by atoms with Crippen LogP contribution in [0.4, 0.5) is 0 Å². The minimum atomic E-state index is 0.174. The summed E-state index contributed by atoms with van der Waals surface area (Å²) < 4.78 is 0. The molecule has 0 amide bonds. The third kappa shape index (κ3) is 3.05. The molecule has 1 aliphatic rings. The summed E-state index contributed by atoms with van der Waals surface area (Å²) >= 11 is 0. The van der Waals surface area contributed by atoms with Gasteiger partial charge in [0.25, 0.3) is 0 Å². The number of hydrogen-bond donors (Lipinski definition) is 2. The molecule has 3 unspecified atom stereocenters. The average Bonchev–Trinajstić information content (AvgIpc) is 2.96. The highest BCUT2D eigenvalue weighted by Gasteiger charge is 2.31. The van der Waals surface area contributed by atoms with Crippen molar-refractivity contribution in [2.45, 2.75) is 31.8 Å². The SMILES string of the molecule is CC1CC1NCCC(N)c1ccccc1. The van der Waals surface area contributed by atoms with Gasteiger partial charge in [-0.3, -0.25) is 0 Å². The average molecular weight is 204 g/mol. The first kappa shape index (κ1) is 10.7. The minimum absolute atomic E-state index is 0.174. The fourth-order valence-corrected chi connectivity index (χ4v) is 1.90. The highest BCUT2D eigenvalue weighted by molar-refractivity contribution is 5.18. The second-order valence-corrected chi connectivity index (χ2v) is 4.58. The van der Waals surface area contributed by atoms with Crippen molar-refractivity contribution in [3.8, 4) is 0 Å². The van der Waals surface area contributed by atoms with Gasteiger partial charge in [-0.1, -0.05) is 37.3 Å². The molecule has 15 heavy (non-hydrogen) atoms. The van der Waals surface area contributed by atoms with E-state index in [1.807, 2.05) is 18.2 Å². The van der Waals surface area contributed by atoms with Crippen LogP contribution >= 0.6 is 0 Å². The van der Waals surface area contributed by atoms with Crippen LogP contribution in [0, 0.1) is 5.92 Å². The first-order valence-electron chi connectivity index (χ1n) is 5.81. The van der Waals surface area contributed by atoms with E-state index in [0.29, 0.717) is 0 Å². The first-order chi connectivity index (χ1) is 7.27. The van der Waals surface area contributed by atoms with E-state index in [-0.39, 0.29) is 6.04 Å². The number of rotatable bonds is 5. The van der Waals surface area contributed by atoms with E-state index in [4.69, 9.17) is 5.73 Å². The summed E-state index contributed by atoms with van der Waals surface area (Å²) in [6.07, 6.45) is 2.35. The van der Waals surface area contributed by atoms with E-state index in [1.54, 1.807) is 0 Å². The number of benzene rings is 1. The Labute approximate surface area is 91.9 Å². The van der Waals surface area contributed by atoms with Gasteiger partial charge in [0.15, 0.2) is 0 Å². The molecule has 1 aromatic carbocycles. The highest BCUT2D eigenvalue weighted by Crippen LogP contribution is 2.29. The van der Waals surface area contributed by atoms with Gasteiger partial charge in [0.2, 0.25) is 0 Å². The minimum Gasteiger partial charge on any atom is -0.324 e. The Morgan fingerprint density at radius 3 is 2.67 bits per heavy atom. The Hall–Kier alpha value is -0.860. The van der Waals surface area contributed by atoms with Crippen molar-refractivity contribution in [1.82, 2.24) is 5.32 Å². The molecule has 2 nitrogen and oxygen atoms in total. The summed E-state index contributed by atoms with van der Waals surface area (Å²) in [6, 6.07) is 11.3. The van der Waals surface area contributed by atoms with Crippen molar-refractivity contribution < 1.29 is 0 Å². The van der Waals surface area contributed by atoms with Crippen molar-refractivity contribution >= 4 is 0 Å². The van der Waals surface area contributed by atoms with E-state index in [2.05, 4.69) is 24.4 Å². The molecule has 0 spiro atoms. The summed E-state index contributed by atoms with van der Waals surface area (Å²) in [6.45, 7) is 3.32. The lowest BCUT2D eigenvalue weighted by Crippen LogP contribution is -2.23. The Morgan fingerprint density at radius 2 is 2.07 bits per heavy atom. The molecule has 1 aromatic rings. The second-order valence-electron chi connectivity index (χ2n) is 4.58. The number of hydrogen-bond acceptors (Lipinski definition) is 2. The quantitative estimate of drug-likeness (QED) is 0.770. The van der Waals surface area contributed by atoms with Gasteiger partial charge in [-0.15, -0.1) is 0 Å². The molecule has 82 valence electrons. The molecule has 1 aliphatic carbocycles. The monoisotopic (exact) mass is 204 g/mol. The topological polar surface area (TPSA) is 38.0 Å². The van der Waals surface area contributed by atoms with Crippen molar-refractivity contribution in [1.29, 1.82) is 0 Å². The zero-order chi connectivity index (χ0) is 10.7. The van der Waals surface area contributed by atoms with Gasteiger partial charge in [-0.05, 0) is 30.9 Å². The molecule has 0 aliphatic heterocycles. The Balaban J connectivity index is 1.70. The number of nitrogens with one attached hydrogen (secondary N) is 1. The molecule has 3 atom stereocenters. The zero-order valence-corrected chi connectivity index (χ0v) is 9.32. The molecule has 1 fully saturated rings. The van der Waals surface area contributed by atoms with Gasteiger partial charge in [-0.25, -0.2) is 0 Å². The lowest BCUT2D eigenvalue weighted by Gasteiger charge is -2.12. The Kier molecular flexibility index (Phi) is 3.39. The lowest BCUT2D eigenvalue weighted by atomic mass is 10.1. The molecule has 1 saturated carbocycles. The maximum Gasteiger partial charge on any atom is 0.0306 e. The Bertz CT molecular complexity index is 297. The van der Waals surface area contributed by atoms with Crippen LogP contribution in [0.1, 0.15) is 31.4 Å². The van der Waals surface area contributed by atoms with Gasteiger partial charge in [0.1, 0.15) is 0 Å². The second kappa shape index (κ2) is 4.77. The summed E-state index contributed by atoms with van der Waals surface area (Å²) in [5, 5.41) is 3.53. The van der Waals surface area contributed by atoms with Gasteiger partial charge in [-0.2, -0.15) is 0 Å². The van der Waals surface area contributed by atoms with Crippen LogP contribution < -0.4 is 11.1 Å². The summed E-state index contributed by atoms with van der Waals surface area (Å²) in [4.78, 5) is 0. The fourth-order valence-electron chi connectivity index (χ4n) is 1.90. The van der Waals surface area contributed by atoms with Crippen LogP contribution in [0.5, 0.6) is 0 Å². The third-order valence-corrected chi connectivity index (χ3v) is 3.20. The van der Waals surface area contributed by atoms with Gasteiger partial charge >= 0.3 is 0 Å². The molecule has 3 N–H and O–H groups in total. The van der Waals surface area contributed by atoms with E-state index in [1.165, 1.54) is 12.0 Å². The van der Waals surface area contributed by atoms with Crippen molar-refractivity contribution in [3.05, 3.63) is 35.9 Å². The molecule has 0 saturated heterocycles. The van der Waals surface area contributed by atoms with Gasteiger partial charge < -0.3 is 11.1 Å². The van der Waals surface area contributed by atoms with E-state index in [9.17, 15) is 0 Å². The van der Waals surface area contributed by atoms with Crippen LogP contribution in [0.3, 0.4) is 0 Å². The molecular formula is C13H20N2. The predicted molar refractivity (Wildman–Crippen MR) is 63.6 cm³/mol. The zero-order valence-electron chi connectivity index (χ0n) is 9.32. The molecule has 0 heterocycles. The smallest absolute Gasteiger partial charge is 0.0306 e. The van der Waals surface area contributed by atoms with Crippen molar-refractivity contribution in [3.63, 3.8) is 0 Å². The maximum absolute atomic E-state index is 6.10. The lowest BCUT2D eigenvalue weighted by molar-refractivity contribution is 0.566. The molecule has 2 rings (SSSR count). The summed E-state index contributed by atoms with van der Waals surface area (Å²) in [5.74, 6) is 0.873. The van der Waals surface area contributed by atoms with E-state index >= 15 is 0 Å². The maximum atomic E-state index is 6.10. The van der Waals surface area contributed by atoms with E-state index in [0.717, 1.165) is 24.9 Å². The predicted octanol–water partition coefficient (Wildman–Crippen LogP) is 2.07. The van der Waals surface area contributed by atoms with Crippen LogP contribution in [0.15, 0.2) is 30.3 Å². The third-order valence-electron chi connectivity index (χ3n) is 3.20. The van der Waals surface area contributed by atoms with Crippen LogP contribution in [0.25, 0.3) is 0 Å². The van der Waals surface area contributed by atoms with Crippen LogP contribution in [-0.2, 0) is 0 Å². The standard InChI is InChI=1S/C13H20N2/c1-10-9-13(10)15-8-7-12(14)11-5-3-2-4-6-11/h2-6,10,12-13,15H,7-9,14H2,1H3. The molecule has 0 bridgehead atoms. The molecule has 0 radical (unpaired) electrons. The first-order valence-corrected chi connectivity index (χ1v) is 5.81. The Morgan fingerprint density at radius 1 is 1.40 bits per heavy atom. The largest absolute Gasteiger partial charge is 0.324 e. The van der Waals surface area contributed by atoms with E-state index < -0.39 is 0 Å². The van der Waals surface area contributed by atoms with Crippen molar-refractivity contribution in [2.75, 3.05) is 6.54 Å². The number of nitrogens with two attached hydrogens (primary N) is 1. The van der Waals surface area contributed by atoms with Gasteiger partial charge in [0.05, 0.1) is 0 Å². The molecule has 0 aromatic heterocycles. The highest BCUT2D eigenvalue weighted by atomic mass is 15.0. The van der Waals surface area contributed by atoms with Gasteiger partial charge in [0, 0.05) is 12.1 Å². The summed E-state index contributed by atoms with van der Waals surface area (Å²) in [7, 11) is 0. The molecular weight excluding hydrogens is 184 g/mol. The van der Waals surface area contributed by atoms with Crippen molar-refractivity contribution in [2.24, 2.45) is 11.7 Å². The summed E-state index contributed by atoms with van der Waals surface area (Å²) in [5.41, 5.74) is 7.34. The fraction of sp³-hybridized carbons (Fsp3) is 0.538. The molecule has 2 heteroatoms. The van der Waals surface area contributed by atoms with Crippen LogP contribution in [-0.4, -0.2) is 12.6 Å². The normalized spacial score (nSPS) is 26.3.